The van der Waals surface area contributed by atoms with Crippen molar-refractivity contribution in [2.75, 3.05) is 9.80 Å². The monoisotopic (exact) mass is 1060 g/mol. The summed E-state index contributed by atoms with van der Waals surface area (Å²) in [6, 6.07) is 51.1. The number of rotatable bonds is 11. The molecule has 0 spiro atoms. The molecule has 9 aromatic rings. The van der Waals surface area contributed by atoms with Crippen LogP contribution in [0.5, 0.6) is 11.5 Å². The van der Waals surface area contributed by atoms with Crippen molar-refractivity contribution in [3.63, 3.8) is 0 Å². The van der Waals surface area contributed by atoms with Crippen LogP contribution in [0.1, 0.15) is 80.7 Å². The second kappa shape index (κ2) is 18.6. The number of pyridine rings is 1. The van der Waals surface area contributed by atoms with Gasteiger partial charge in [0.2, 0.25) is 0 Å². The van der Waals surface area contributed by atoms with Gasteiger partial charge in [-0.2, -0.15) is 6.07 Å². The minimum atomic E-state index is -0.581. The molecule has 340 valence electrons. The smallest absolute Gasteiger partial charge is 0.135 e. The Bertz CT molecular complexity index is 3270. The Hall–Kier alpha value is -6.56. The van der Waals surface area contributed by atoms with Crippen LogP contribution in [0.2, 0.25) is 0 Å². The quantitative estimate of drug-likeness (QED) is 0.121. The van der Waals surface area contributed by atoms with Gasteiger partial charge in [-0.25, -0.2) is 13.8 Å². The number of ether oxygens (including phenoxy) is 1. The number of nitrogens with zero attached hydrogens (tertiary/aromatic N) is 4. The first-order chi connectivity index (χ1) is 32.0. The molecule has 1 aliphatic heterocycles. The van der Waals surface area contributed by atoms with Crippen molar-refractivity contribution >= 4 is 44.6 Å². The van der Waals surface area contributed by atoms with Crippen LogP contribution in [0.15, 0.2) is 140 Å². The molecule has 1 aliphatic rings. The van der Waals surface area contributed by atoms with E-state index in [1.807, 2.05) is 36.5 Å². The topological polar surface area (TPSA) is 33.5 Å². The molecule has 0 N–H and O–H groups in total. The van der Waals surface area contributed by atoms with Crippen molar-refractivity contribution < 1.29 is 34.6 Å². The molecule has 3 heterocycles. The maximum Gasteiger partial charge on any atom is 0.135 e. The van der Waals surface area contributed by atoms with Gasteiger partial charge in [0, 0.05) is 61.3 Å². The molecule has 0 saturated carbocycles. The Balaban J connectivity index is 0.00000562. The fourth-order valence-corrected chi connectivity index (χ4v) is 9.56. The predicted octanol–water partition coefficient (Wildman–Crippen LogP) is 16.4. The van der Waals surface area contributed by atoms with Gasteiger partial charge in [0.1, 0.15) is 17.5 Å². The van der Waals surface area contributed by atoms with Gasteiger partial charge in [0.05, 0.1) is 5.56 Å². The van der Waals surface area contributed by atoms with Crippen LogP contribution in [-0.4, -0.2) is 9.55 Å². The van der Waals surface area contributed by atoms with E-state index >= 15 is 8.78 Å². The van der Waals surface area contributed by atoms with E-state index in [2.05, 4.69) is 167 Å². The van der Waals surface area contributed by atoms with E-state index < -0.39 is 11.6 Å². The Kier molecular flexibility index (Phi) is 12.7. The van der Waals surface area contributed by atoms with Crippen LogP contribution in [0.4, 0.5) is 31.5 Å². The minimum Gasteiger partial charge on any atom is -0.509 e. The molecule has 7 aromatic carbocycles. The largest absolute Gasteiger partial charge is 0.509 e. The number of fused-ring (bicyclic) bond motifs is 4. The number of halogens is 2. The van der Waals surface area contributed by atoms with E-state index in [4.69, 9.17) is 9.72 Å². The number of aromatic nitrogens is 2. The first-order valence-corrected chi connectivity index (χ1v) is 22.9. The van der Waals surface area contributed by atoms with Gasteiger partial charge < -0.3 is 19.1 Å². The van der Waals surface area contributed by atoms with Gasteiger partial charge in [0.15, 0.2) is 0 Å². The van der Waals surface area contributed by atoms with Crippen molar-refractivity contribution in [3.05, 3.63) is 198 Å². The molecule has 67 heavy (non-hydrogen) atoms. The van der Waals surface area contributed by atoms with E-state index in [-0.39, 0.29) is 38.5 Å². The third kappa shape index (κ3) is 8.44. The predicted molar refractivity (Wildman–Crippen MR) is 267 cm³/mol. The van der Waals surface area contributed by atoms with Crippen molar-refractivity contribution in [2.45, 2.75) is 73.1 Å². The zero-order valence-corrected chi connectivity index (χ0v) is 41.0. The number of para-hydroxylation sites is 3. The maximum absolute atomic E-state index is 15.4. The molecule has 0 amide bonds. The number of hydrogen-bond donors (Lipinski definition) is 0. The Morgan fingerprint density at radius 1 is 0.672 bits per heavy atom. The number of hydrogen-bond acceptors (Lipinski definition) is 4. The summed E-state index contributed by atoms with van der Waals surface area (Å²) in [4.78, 5) is 9.23. The van der Waals surface area contributed by atoms with Crippen LogP contribution in [0.25, 0.3) is 49.9 Å². The van der Waals surface area contributed by atoms with Crippen LogP contribution in [0, 0.1) is 44.3 Å². The minimum absolute atomic E-state index is 0. The van der Waals surface area contributed by atoms with Crippen LogP contribution in [-0.2, 0) is 27.5 Å². The Morgan fingerprint density at radius 2 is 1.37 bits per heavy atom. The normalized spacial score (nSPS) is 12.4. The SMILES string of the molecule is CCCc1ccnc(-n2c3[c-]c(Oc4[c-]c(N5[CH-]N(c6c(C(C)C)cc(-c7c(F)cccc7F)cc6C(C)C)c6ccccc65)cc(-c5ccc(C)cc5C)c4)ccc3c3ccccc32)c1.[Pt]. The molecular formula is C59H51F2N4OPt-3. The molecule has 0 atom stereocenters. The van der Waals surface area contributed by atoms with E-state index in [0.29, 0.717) is 17.1 Å². The molecule has 10 rings (SSSR count). The summed E-state index contributed by atoms with van der Waals surface area (Å²) in [5.74, 6) is 0.836. The maximum atomic E-state index is 15.4. The van der Waals surface area contributed by atoms with E-state index in [0.717, 1.165) is 91.0 Å². The average molecular weight is 1070 g/mol. The number of benzene rings is 7. The summed E-state index contributed by atoms with van der Waals surface area (Å²) < 4.78 is 39.8. The first kappa shape index (κ1) is 45.6. The summed E-state index contributed by atoms with van der Waals surface area (Å²) in [6.45, 7) is 17.1. The molecular weight excluding hydrogens is 1010 g/mol. The molecule has 2 aromatic heterocycles. The third-order valence-corrected chi connectivity index (χ3v) is 12.7. The van der Waals surface area contributed by atoms with Gasteiger partial charge in [-0.15, -0.1) is 53.6 Å². The summed E-state index contributed by atoms with van der Waals surface area (Å²) in [5, 5.41) is 2.18. The third-order valence-electron chi connectivity index (χ3n) is 12.7. The van der Waals surface area contributed by atoms with Gasteiger partial charge in [-0.3, -0.25) is 0 Å². The summed E-state index contributed by atoms with van der Waals surface area (Å²) in [6.07, 6.45) is 3.90. The van der Waals surface area contributed by atoms with Crippen molar-refractivity contribution in [1.82, 2.24) is 9.55 Å². The molecule has 0 aliphatic carbocycles. The van der Waals surface area contributed by atoms with E-state index in [1.54, 1.807) is 0 Å². The zero-order chi connectivity index (χ0) is 45.8. The Labute approximate surface area is 407 Å². The van der Waals surface area contributed by atoms with Crippen LogP contribution < -0.4 is 14.5 Å². The molecule has 0 fully saturated rings. The molecule has 0 bridgehead atoms. The summed E-state index contributed by atoms with van der Waals surface area (Å²) in [5.41, 5.74) is 13.8. The molecule has 0 radical (unpaired) electrons. The standard InChI is InChI=1S/C59H51F2N4O.Pt/c1-8-14-40-25-26-62-57(28-40)65-53-18-10-9-15-47(53)48-24-22-44(34-56(48)65)66-45-30-41(46-23-21-38(6)27-39(46)7)29-43(33-45)63-35-64(55-20-12-11-19-54(55)63)59-49(36(2)3)31-42(32-50(59)37(4)5)58-51(60)16-13-17-52(58)61;/h9-13,15-32,35-37H,8,14H2,1-7H3;/q-3;. The molecule has 0 unspecified atom stereocenters. The average Bonchev–Trinajstić information content (AvgIpc) is 3.85. The molecule has 0 saturated heterocycles. The van der Waals surface area contributed by atoms with Crippen LogP contribution in [0.3, 0.4) is 0 Å². The van der Waals surface area contributed by atoms with Crippen LogP contribution >= 0.6 is 0 Å². The fraction of sp³-hybridized carbons (Fsp3) is 0.186. The summed E-state index contributed by atoms with van der Waals surface area (Å²) in [7, 11) is 0. The first-order valence-electron chi connectivity index (χ1n) is 22.9. The van der Waals surface area contributed by atoms with Gasteiger partial charge >= 0.3 is 0 Å². The van der Waals surface area contributed by atoms with Crippen molar-refractivity contribution in [1.29, 1.82) is 0 Å². The van der Waals surface area contributed by atoms with Gasteiger partial charge in [-0.05, 0) is 125 Å². The van der Waals surface area contributed by atoms with E-state index in [9.17, 15) is 0 Å². The summed E-state index contributed by atoms with van der Waals surface area (Å²) >= 11 is 0. The fourth-order valence-electron chi connectivity index (χ4n) is 9.56. The zero-order valence-electron chi connectivity index (χ0n) is 38.7. The molecule has 5 nitrogen and oxygen atoms in total. The number of anilines is 4. The number of aryl methyl sites for hydroxylation is 3. The van der Waals surface area contributed by atoms with Gasteiger partial charge in [-0.1, -0.05) is 107 Å². The van der Waals surface area contributed by atoms with Gasteiger partial charge in [0.25, 0.3) is 0 Å². The second-order valence-electron chi connectivity index (χ2n) is 18.0. The van der Waals surface area contributed by atoms with E-state index in [1.165, 1.54) is 29.3 Å². The van der Waals surface area contributed by atoms with Crippen molar-refractivity contribution in [3.8, 4) is 39.6 Å². The van der Waals surface area contributed by atoms with Crippen molar-refractivity contribution in [2.24, 2.45) is 0 Å². The Morgan fingerprint density at radius 3 is 2.07 bits per heavy atom. The molecule has 8 heteroatoms. The second-order valence-corrected chi connectivity index (χ2v) is 18.0.